The maximum atomic E-state index is 5.98. The Bertz CT molecular complexity index is 505. The molecule has 3 atom stereocenters. The van der Waals surface area contributed by atoms with Crippen LogP contribution in [0, 0.1) is 5.92 Å². The Balaban J connectivity index is 1.54. The number of likely N-dealkylation sites (tertiary alicyclic amines) is 1. The minimum Gasteiger partial charge on any atom is -0.493 e. The predicted octanol–water partition coefficient (Wildman–Crippen LogP) is 2.75. The second-order valence-corrected chi connectivity index (χ2v) is 6.51. The fraction of sp³-hybridized carbons (Fsp3) is 0.667. The van der Waals surface area contributed by atoms with E-state index in [1.165, 1.54) is 24.9 Å². The summed E-state index contributed by atoms with van der Waals surface area (Å²) in [5.41, 5.74) is 1.30. The normalized spacial score (nSPS) is 28.4. The molecule has 0 amide bonds. The number of rotatable bonds is 5. The van der Waals surface area contributed by atoms with Crippen molar-refractivity contribution in [2.75, 3.05) is 33.9 Å². The lowest BCUT2D eigenvalue weighted by Gasteiger charge is -2.34. The maximum Gasteiger partial charge on any atom is 0.160 e. The van der Waals surface area contributed by atoms with Crippen LogP contribution in [-0.2, 0) is 11.2 Å². The fourth-order valence-electron chi connectivity index (χ4n) is 3.80. The Morgan fingerprint density at radius 1 is 1.23 bits per heavy atom. The van der Waals surface area contributed by atoms with Gasteiger partial charge in [-0.3, -0.25) is 0 Å². The molecule has 0 spiro atoms. The zero-order chi connectivity index (χ0) is 15.5. The highest BCUT2D eigenvalue weighted by Gasteiger charge is 2.36. The van der Waals surface area contributed by atoms with E-state index in [1.54, 1.807) is 14.2 Å². The average molecular weight is 305 g/mol. The minimum absolute atomic E-state index is 0.445. The van der Waals surface area contributed by atoms with Gasteiger partial charge in [-0.05, 0) is 43.9 Å². The minimum atomic E-state index is 0.445. The van der Waals surface area contributed by atoms with Crippen LogP contribution in [0.1, 0.15) is 25.3 Å². The Kier molecular flexibility index (Phi) is 4.89. The van der Waals surface area contributed by atoms with Crippen molar-refractivity contribution in [2.24, 2.45) is 5.92 Å². The van der Waals surface area contributed by atoms with Crippen LogP contribution in [-0.4, -0.2) is 51.0 Å². The molecule has 2 fully saturated rings. The first-order chi connectivity index (χ1) is 10.7. The summed E-state index contributed by atoms with van der Waals surface area (Å²) in [4.78, 5) is 2.58. The molecule has 0 aromatic heterocycles. The largest absolute Gasteiger partial charge is 0.493 e. The van der Waals surface area contributed by atoms with E-state index in [4.69, 9.17) is 14.2 Å². The number of benzene rings is 1. The van der Waals surface area contributed by atoms with Crippen molar-refractivity contribution in [1.29, 1.82) is 0 Å². The highest BCUT2D eigenvalue weighted by atomic mass is 16.5. The lowest BCUT2D eigenvalue weighted by molar-refractivity contribution is 0.00774. The molecule has 1 aromatic carbocycles. The highest BCUT2D eigenvalue weighted by molar-refractivity contribution is 5.42. The van der Waals surface area contributed by atoms with Crippen LogP contribution in [0.25, 0.3) is 0 Å². The lowest BCUT2D eigenvalue weighted by Crippen LogP contribution is -2.42. The van der Waals surface area contributed by atoms with E-state index in [1.807, 2.05) is 6.07 Å². The van der Waals surface area contributed by atoms with Crippen LogP contribution < -0.4 is 9.47 Å². The summed E-state index contributed by atoms with van der Waals surface area (Å²) >= 11 is 0. The molecule has 0 bridgehead atoms. The molecule has 0 radical (unpaired) electrons. The molecule has 0 saturated carbocycles. The molecule has 0 N–H and O–H groups in total. The summed E-state index contributed by atoms with van der Waals surface area (Å²) in [6, 6.07) is 6.22. The van der Waals surface area contributed by atoms with Crippen molar-refractivity contribution >= 4 is 0 Å². The van der Waals surface area contributed by atoms with Crippen LogP contribution in [0.15, 0.2) is 18.2 Å². The van der Waals surface area contributed by atoms with E-state index in [2.05, 4.69) is 24.0 Å². The molecular weight excluding hydrogens is 278 g/mol. The molecular formula is C18H27NO3. The van der Waals surface area contributed by atoms with Crippen molar-refractivity contribution in [3.05, 3.63) is 23.8 Å². The number of hydrogen-bond donors (Lipinski definition) is 0. The van der Waals surface area contributed by atoms with Crippen molar-refractivity contribution in [2.45, 2.75) is 38.4 Å². The number of methoxy groups -OCH3 is 2. The van der Waals surface area contributed by atoms with Crippen molar-refractivity contribution in [3.8, 4) is 11.5 Å². The first kappa shape index (κ1) is 15.6. The Hall–Kier alpha value is -1.26. The first-order valence-corrected chi connectivity index (χ1v) is 8.28. The van der Waals surface area contributed by atoms with Gasteiger partial charge in [0.1, 0.15) is 0 Å². The van der Waals surface area contributed by atoms with Gasteiger partial charge < -0.3 is 19.1 Å². The Labute approximate surface area is 133 Å². The van der Waals surface area contributed by atoms with E-state index in [0.717, 1.165) is 36.9 Å². The number of fused-ring (bicyclic) bond motifs is 1. The quantitative estimate of drug-likeness (QED) is 0.837. The summed E-state index contributed by atoms with van der Waals surface area (Å²) in [5, 5.41) is 0. The van der Waals surface area contributed by atoms with E-state index >= 15 is 0 Å². The monoisotopic (exact) mass is 305 g/mol. The van der Waals surface area contributed by atoms with Gasteiger partial charge in [-0.15, -0.1) is 0 Å². The molecule has 2 heterocycles. The van der Waals surface area contributed by atoms with Crippen molar-refractivity contribution in [1.82, 2.24) is 4.90 Å². The number of nitrogens with zero attached hydrogens (tertiary/aromatic N) is 1. The third-order valence-corrected chi connectivity index (χ3v) is 4.95. The summed E-state index contributed by atoms with van der Waals surface area (Å²) in [5.74, 6) is 2.34. The van der Waals surface area contributed by atoms with Crippen LogP contribution in [0.2, 0.25) is 0 Å². The SMILES string of the molecule is COc1ccc(CCN2CC[C@H]3O[C@H](C)C[C@@H]3C2)cc1OC. The third-order valence-electron chi connectivity index (χ3n) is 4.95. The molecule has 1 aromatic rings. The van der Waals surface area contributed by atoms with Gasteiger partial charge in [0.05, 0.1) is 26.4 Å². The highest BCUT2D eigenvalue weighted by Crippen LogP contribution is 2.33. The van der Waals surface area contributed by atoms with Gasteiger partial charge in [0.25, 0.3) is 0 Å². The maximum absolute atomic E-state index is 5.98. The van der Waals surface area contributed by atoms with Gasteiger partial charge >= 0.3 is 0 Å². The zero-order valence-electron chi connectivity index (χ0n) is 13.9. The summed E-state index contributed by atoms with van der Waals surface area (Å²) < 4.78 is 16.7. The van der Waals surface area contributed by atoms with E-state index in [9.17, 15) is 0 Å². The van der Waals surface area contributed by atoms with Gasteiger partial charge in [0, 0.05) is 25.6 Å². The average Bonchev–Trinajstić information content (AvgIpc) is 2.91. The number of ether oxygens (including phenoxy) is 3. The van der Waals surface area contributed by atoms with Crippen LogP contribution >= 0.6 is 0 Å². The number of piperidine rings is 1. The summed E-state index contributed by atoms with van der Waals surface area (Å²) in [6.45, 7) is 5.64. The molecule has 0 unspecified atom stereocenters. The Morgan fingerprint density at radius 2 is 2.05 bits per heavy atom. The topological polar surface area (TPSA) is 30.9 Å². The predicted molar refractivity (Wildman–Crippen MR) is 86.7 cm³/mol. The standard InChI is InChI=1S/C18H27NO3/c1-13-10-15-12-19(9-7-16(15)22-13)8-6-14-4-5-17(20-2)18(11-14)21-3/h4-5,11,13,15-16H,6-10,12H2,1-3H3/t13-,15-,16-/m1/s1. The molecule has 122 valence electrons. The molecule has 4 heteroatoms. The van der Waals surface area contributed by atoms with E-state index < -0.39 is 0 Å². The molecule has 2 saturated heterocycles. The second-order valence-electron chi connectivity index (χ2n) is 6.51. The second kappa shape index (κ2) is 6.88. The molecule has 2 aliphatic heterocycles. The van der Waals surface area contributed by atoms with Gasteiger partial charge in [-0.25, -0.2) is 0 Å². The van der Waals surface area contributed by atoms with Crippen molar-refractivity contribution in [3.63, 3.8) is 0 Å². The molecule has 4 nitrogen and oxygen atoms in total. The molecule has 0 aliphatic carbocycles. The number of hydrogen-bond acceptors (Lipinski definition) is 4. The zero-order valence-corrected chi connectivity index (χ0v) is 13.9. The first-order valence-electron chi connectivity index (χ1n) is 8.28. The van der Waals surface area contributed by atoms with Gasteiger partial charge in [-0.1, -0.05) is 6.07 Å². The van der Waals surface area contributed by atoms with Crippen molar-refractivity contribution < 1.29 is 14.2 Å². The summed E-state index contributed by atoms with van der Waals surface area (Å²) in [7, 11) is 3.36. The van der Waals surface area contributed by atoms with Gasteiger partial charge in [-0.2, -0.15) is 0 Å². The van der Waals surface area contributed by atoms with Crippen LogP contribution in [0.3, 0.4) is 0 Å². The fourth-order valence-corrected chi connectivity index (χ4v) is 3.80. The Morgan fingerprint density at radius 3 is 2.82 bits per heavy atom. The molecule has 3 rings (SSSR count). The summed E-state index contributed by atoms with van der Waals surface area (Å²) in [6.07, 6.45) is 4.40. The lowest BCUT2D eigenvalue weighted by atomic mass is 9.93. The van der Waals surface area contributed by atoms with Gasteiger partial charge in [0.2, 0.25) is 0 Å². The van der Waals surface area contributed by atoms with Gasteiger partial charge in [0.15, 0.2) is 11.5 Å². The third kappa shape index (κ3) is 3.39. The van der Waals surface area contributed by atoms with Crippen LogP contribution in [0.5, 0.6) is 11.5 Å². The smallest absolute Gasteiger partial charge is 0.160 e. The van der Waals surface area contributed by atoms with E-state index in [-0.39, 0.29) is 0 Å². The van der Waals surface area contributed by atoms with E-state index in [0.29, 0.717) is 12.2 Å². The molecule has 22 heavy (non-hydrogen) atoms. The molecule has 2 aliphatic rings. The van der Waals surface area contributed by atoms with Crippen LogP contribution in [0.4, 0.5) is 0 Å².